The Bertz CT molecular complexity index is 2350. The lowest BCUT2D eigenvalue weighted by Crippen LogP contribution is -2.62. The first-order chi connectivity index (χ1) is 33.7. The minimum atomic E-state index is -1.67. The zero-order valence-corrected chi connectivity index (χ0v) is 42.1. The van der Waals surface area contributed by atoms with E-state index in [4.69, 9.17) is 22.9 Å². The molecule has 0 bridgehead atoms. The number of aliphatic hydroxyl groups excluding tert-OH is 1. The lowest BCUT2D eigenvalue weighted by molar-refractivity contribution is -0.137. The number of H-pyrrole nitrogens is 1. The van der Waals surface area contributed by atoms with Crippen LogP contribution < -0.4 is 60.2 Å². The Morgan fingerprint density at radius 2 is 1.45 bits per heavy atom. The van der Waals surface area contributed by atoms with Gasteiger partial charge in [0, 0.05) is 53.9 Å². The SMILES string of the molecule is CC(=O)N[C@H](CCCCN)C(=O)N[C@H]1CCSSC(C)(C)[C@@H](C(N)=O)NC(=O)[C@H](Cc2c[nH]c3ccccc23)NC(=O)[C@H](CCCN=C(N)N)NC(=O)[C@@H](Cc2ccccc2)NC(=O)[C@H]([C@@H](C)O)NC1=O. The number of carbonyl (C=O) groups excluding carboxylic acids is 8. The van der Waals surface area contributed by atoms with Gasteiger partial charge in [-0.15, -0.1) is 0 Å². The molecule has 4 rings (SSSR count). The number of hydrogen-bond acceptors (Lipinski definition) is 13. The van der Waals surface area contributed by atoms with Gasteiger partial charge in [-0.1, -0.05) is 70.1 Å². The minimum absolute atomic E-state index is 0.0537. The number of rotatable bonds is 17. The summed E-state index contributed by atoms with van der Waals surface area (Å²) in [5, 5.41) is 30.6. The standard InChI is InChI=1S/C47H69N13O9S2/c1-26(61)37-45(69)58-35(23-28-13-6-5-7-14-28)43(67)55-33(18-12-21-52-46(50)51)41(65)57-36(24-29-25-53-31-16-9-8-15-30(29)31)44(68)60-38(39(49)63)47(3,4)71-70-22-19-34(42(66)59-37)56-40(64)32(54-27(2)62)17-10-11-20-48/h5-9,13-16,25-26,32-38,53,61H,10-12,17-24,48H2,1-4H3,(H2,49,63)(H,54,62)(H,55,67)(H,56,64)(H,57,65)(H,58,69)(H,59,66)(H,60,68)(H4,50,51,52)/t26-,32-,33+,34+,35-,36+,37+,38-/m1/s1. The number of aliphatic imine (C=N–C) groups is 1. The van der Waals surface area contributed by atoms with Gasteiger partial charge in [0.25, 0.3) is 0 Å². The number of nitrogens with two attached hydrogens (primary N) is 4. The molecule has 24 heteroatoms. The van der Waals surface area contributed by atoms with E-state index in [2.05, 4.69) is 47.2 Å². The third-order valence-electron chi connectivity index (χ3n) is 11.6. The molecule has 1 aliphatic heterocycles. The number of guanidine groups is 1. The molecule has 1 saturated heterocycles. The molecule has 2 heterocycles. The smallest absolute Gasteiger partial charge is 0.245 e. The highest BCUT2D eigenvalue weighted by molar-refractivity contribution is 8.77. The van der Waals surface area contributed by atoms with Crippen LogP contribution in [0.15, 0.2) is 65.8 Å². The molecule has 1 aromatic heterocycles. The zero-order valence-electron chi connectivity index (χ0n) is 40.5. The summed E-state index contributed by atoms with van der Waals surface area (Å²) in [5.41, 5.74) is 24.8. The van der Waals surface area contributed by atoms with E-state index in [0.717, 1.165) is 21.7 Å². The number of nitrogens with zero attached hydrogens (tertiary/aromatic N) is 1. The van der Waals surface area contributed by atoms with Crippen molar-refractivity contribution in [2.75, 3.05) is 18.8 Å². The lowest BCUT2D eigenvalue weighted by Gasteiger charge is -2.33. The molecule has 1 fully saturated rings. The van der Waals surface area contributed by atoms with Crippen LogP contribution in [0.3, 0.4) is 0 Å². The fourth-order valence-electron chi connectivity index (χ4n) is 7.81. The number of nitrogens with one attached hydrogen (secondary N) is 8. The molecule has 2 aromatic carbocycles. The largest absolute Gasteiger partial charge is 0.391 e. The van der Waals surface area contributed by atoms with E-state index >= 15 is 0 Å². The van der Waals surface area contributed by atoms with Gasteiger partial charge in [0.15, 0.2) is 5.96 Å². The fraction of sp³-hybridized carbons (Fsp3) is 0.511. The van der Waals surface area contributed by atoms with E-state index in [9.17, 15) is 43.5 Å². The summed E-state index contributed by atoms with van der Waals surface area (Å²) in [6, 6.07) is 6.50. The molecule has 3 aromatic rings. The maximum Gasteiger partial charge on any atom is 0.245 e. The molecular weight excluding hydrogens is 955 g/mol. The minimum Gasteiger partial charge on any atom is -0.391 e. The van der Waals surface area contributed by atoms with Gasteiger partial charge in [-0.25, -0.2) is 0 Å². The second kappa shape index (κ2) is 27.9. The maximum atomic E-state index is 14.5. The monoisotopic (exact) mass is 1020 g/mol. The summed E-state index contributed by atoms with van der Waals surface area (Å²) in [7, 11) is 2.36. The summed E-state index contributed by atoms with van der Waals surface area (Å²) in [6.45, 7) is 6.28. The van der Waals surface area contributed by atoms with Crippen LogP contribution in [0.4, 0.5) is 0 Å². The number of primary amides is 1. The van der Waals surface area contributed by atoms with Crippen LogP contribution in [0.25, 0.3) is 10.9 Å². The normalized spacial score (nSPS) is 22.7. The Morgan fingerprint density at radius 1 is 0.817 bits per heavy atom. The van der Waals surface area contributed by atoms with Gasteiger partial charge in [0.1, 0.15) is 42.3 Å². The van der Waals surface area contributed by atoms with Crippen LogP contribution in [-0.2, 0) is 51.2 Å². The second-order valence-corrected chi connectivity index (χ2v) is 20.9. The van der Waals surface area contributed by atoms with Crippen molar-refractivity contribution in [3.8, 4) is 0 Å². The highest BCUT2D eigenvalue weighted by Gasteiger charge is 2.40. The Morgan fingerprint density at radius 3 is 2.11 bits per heavy atom. The second-order valence-electron chi connectivity index (χ2n) is 17.9. The summed E-state index contributed by atoms with van der Waals surface area (Å²) in [4.78, 5) is 118. The fourth-order valence-corrected chi connectivity index (χ4v) is 10.5. The first-order valence-electron chi connectivity index (χ1n) is 23.4. The predicted molar refractivity (Wildman–Crippen MR) is 274 cm³/mol. The first kappa shape index (κ1) is 57.2. The van der Waals surface area contributed by atoms with E-state index in [1.165, 1.54) is 24.6 Å². The molecule has 8 atom stereocenters. The van der Waals surface area contributed by atoms with Crippen molar-refractivity contribution < 1.29 is 43.5 Å². The quantitative estimate of drug-likeness (QED) is 0.0333. The summed E-state index contributed by atoms with van der Waals surface area (Å²) >= 11 is 0. The van der Waals surface area contributed by atoms with Gasteiger partial charge in [-0.05, 0) is 83.0 Å². The number of fused-ring (bicyclic) bond motifs is 1. The van der Waals surface area contributed by atoms with Crippen LogP contribution in [0, 0.1) is 0 Å². The Balaban J connectivity index is 1.81. The average Bonchev–Trinajstić information content (AvgIpc) is 3.72. The summed E-state index contributed by atoms with van der Waals surface area (Å²) in [6.07, 6.45) is 1.30. The first-order valence-corrected chi connectivity index (χ1v) is 25.7. The number of amides is 8. The molecular formula is C47H69N13O9S2. The van der Waals surface area contributed by atoms with Crippen molar-refractivity contribution in [3.63, 3.8) is 0 Å². The Hall–Kier alpha value is -6.37. The molecule has 8 amide bonds. The maximum absolute atomic E-state index is 14.5. The number of carbonyl (C=O) groups is 8. The molecule has 0 unspecified atom stereocenters. The Labute approximate surface area is 420 Å². The van der Waals surface area contributed by atoms with Crippen LogP contribution in [0.1, 0.15) is 77.3 Å². The van der Waals surface area contributed by atoms with E-state index in [1.807, 2.05) is 24.3 Å². The number of hydrogen-bond donors (Lipinski definition) is 13. The number of aliphatic hydroxyl groups is 1. The number of benzene rings is 2. The molecule has 71 heavy (non-hydrogen) atoms. The average molecular weight is 1020 g/mol. The molecule has 0 spiro atoms. The van der Waals surface area contributed by atoms with Gasteiger partial charge >= 0.3 is 0 Å². The number of para-hydroxylation sites is 1. The Kier molecular flexibility index (Phi) is 22.5. The van der Waals surface area contributed by atoms with Crippen molar-refractivity contribution in [2.45, 2.75) is 132 Å². The molecule has 22 nitrogen and oxygen atoms in total. The summed E-state index contributed by atoms with van der Waals surface area (Å²) in [5.74, 6) is -6.34. The van der Waals surface area contributed by atoms with Gasteiger partial charge < -0.3 is 70.2 Å². The molecule has 0 radical (unpaired) electrons. The van der Waals surface area contributed by atoms with Crippen LogP contribution in [0.2, 0.25) is 0 Å². The predicted octanol–water partition coefficient (Wildman–Crippen LogP) is -1.02. The van der Waals surface area contributed by atoms with Gasteiger partial charge in [-0.3, -0.25) is 43.3 Å². The molecule has 1 aliphatic rings. The van der Waals surface area contributed by atoms with Gasteiger partial charge in [-0.2, -0.15) is 0 Å². The molecule has 0 aliphatic carbocycles. The van der Waals surface area contributed by atoms with E-state index in [-0.39, 0.29) is 56.8 Å². The van der Waals surface area contributed by atoms with Crippen LogP contribution in [0.5, 0.6) is 0 Å². The van der Waals surface area contributed by atoms with Crippen molar-refractivity contribution in [3.05, 3.63) is 71.9 Å². The van der Waals surface area contributed by atoms with Gasteiger partial charge in [0.05, 0.1) is 6.10 Å². The number of unbranched alkanes of at least 4 members (excludes halogenated alkanes) is 1. The third kappa shape index (κ3) is 18.1. The molecule has 388 valence electrons. The number of aromatic amines is 1. The highest BCUT2D eigenvalue weighted by atomic mass is 33.1. The van der Waals surface area contributed by atoms with E-state index in [0.29, 0.717) is 30.5 Å². The topological polar surface area (TPSA) is 373 Å². The highest BCUT2D eigenvalue weighted by Crippen LogP contribution is 2.39. The third-order valence-corrected chi connectivity index (χ3v) is 14.9. The van der Waals surface area contributed by atoms with Crippen molar-refractivity contribution in [1.82, 2.24) is 42.2 Å². The molecule has 0 saturated carbocycles. The van der Waals surface area contributed by atoms with Crippen LogP contribution in [-0.4, -0.2) is 135 Å². The lowest BCUT2D eigenvalue weighted by atomic mass is 9.99. The van der Waals surface area contributed by atoms with Crippen LogP contribution >= 0.6 is 21.6 Å². The van der Waals surface area contributed by atoms with Gasteiger partial charge in [0.2, 0.25) is 47.3 Å². The summed E-state index contributed by atoms with van der Waals surface area (Å²) < 4.78 is -1.13. The van der Waals surface area contributed by atoms with Crippen molar-refractivity contribution in [1.29, 1.82) is 0 Å². The number of aromatic nitrogens is 1. The van der Waals surface area contributed by atoms with E-state index in [1.54, 1.807) is 50.4 Å². The van der Waals surface area contributed by atoms with Crippen molar-refractivity contribution in [2.24, 2.45) is 27.9 Å². The molecule has 17 N–H and O–H groups in total. The zero-order chi connectivity index (χ0) is 52.3. The van der Waals surface area contributed by atoms with Crippen molar-refractivity contribution >= 4 is 85.7 Å². The van der Waals surface area contributed by atoms with E-state index < -0.39 is 100 Å².